The van der Waals surface area contributed by atoms with Crippen molar-refractivity contribution in [2.24, 2.45) is 5.92 Å². The van der Waals surface area contributed by atoms with Crippen LogP contribution in [0.15, 0.2) is 36.4 Å². The van der Waals surface area contributed by atoms with Gasteiger partial charge in [0, 0.05) is 18.0 Å². The highest BCUT2D eigenvalue weighted by Gasteiger charge is 2.72. The Labute approximate surface area is 190 Å². The van der Waals surface area contributed by atoms with Gasteiger partial charge in [-0.05, 0) is 38.2 Å². The van der Waals surface area contributed by atoms with Crippen molar-refractivity contribution < 1.29 is 14.3 Å². The molecule has 1 aromatic rings. The topological polar surface area (TPSA) is 58.6 Å². The van der Waals surface area contributed by atoms with E-state index < -0.39 is 11.6 Å². The fourth-order valence-electron chi connectivity index (χ4n) is 7.18. The third-order valence-corrected chi connectivity index (χ3v) is 8.69. The van der Waals surface area contributed by atoms with Gasteiger partial charge in [-0.2, -0.15) is 0 Å². The number of benzene rings is 1. The zero-order valence-corrected chi connectivity index (χ0v) is 19.0. The van der Waals surface area contributed by atoms with Crippen molar-refractivity contribution >= 4 is 11.8 Å². The minimum Gasteiger partial charge on any atom is -0.359 e. The van der Waals surface area contributed by atoms with Crippen LogP contribution in [0.2, 0.25) is 0 Å². The predicted molar refractivity (Wildman–Crippen MR) is 122 cm³/mol. The van der Waals surface area contributed by atoms with E-state index in [4.69, 9.17) is 4.74 Å². The van der Waals surface area contributed by atoms with E-state index in [1.54, 1.807) is 0 Å². The molecule has 0 radical (unpaired) electrons. The summed E-state index contributed by atoms with van der Waals surface area (Å²) >= 11 is 0. The van der Waals surface area contributed by atoms with Gasteiger partial charge < -0.3 is 15.0 Å². The van der Waals surface area contributed by atoms with Crippen molar-refractivity contribution in [1.82, 2.24) is 10.2 Å². The third kappa shape index (κ3) is 3.00. The smallest absolute Gasteiger partial charge is 0.246 e. The molecule has 2 saturated heterocycles. The maximum absolute atomic E-state index is 14.1. The van der Waals surface area contributed by atoms with Crippen LogP contribution in [0.3, 0.4) is 0 Å². The van der Waals surface area contributed by atoms with E-state index in [1.807, 2.05) is 4.90 Å². The average Bonchev–Trinajstić information content (AvgIpc) is 3.57. The molecule has 1 spiro atoms. The van der Waals surface area contributed by atoms with Gasteiger partial charge in [0.25, 0.3) is 0 Å². The first-order chi connectivity index (χ1) is 15.6. The summed E-state index contributed by atoms with van der Waals surface area (Å²) in [6, 6.07) is 8.31. The van der Waals surface area contributed by atoms with Crippen LogP contribution in [0.4, 0.5) is 0 Å². The number of nitrogens with zero attached hydrogens (tertiary/aromatic N) is 1. The number of amides is 2. The molecule has 2 amide bonds. The summed E-state index contributed by atoms with van der Waals surface area (Å²) in [4.78, 5) is 29.9. The van der Waals surface area contributed by atoms with Crippen LogP contribution in [0.1, 0.15) is 74.8 Å². The fourth-order valence-corrected chi connectivity index (χ4v) is 7.18. The van der Waals surface area contributed by atoms with Gasteiger partial charge >= 0.3 is 0 Å². The molecule has 6 rings (SSSR count). The molecule has 1 aromatic carbocycles. The van der Waals surface area contributed by atoms with E-state index in [0.29, 0.717) is 0 Å². The second-order valence-corrected chi connectivity index (χ2v) is 10.6. The maximum atomic E-state index is 14.1. The van der Waals surface area contributed by atoms with Gasteiger partial charge in [-0.1, -0.05) is 74.1 Å². The van der Waals surface area contributed by atoms with E-state index >= 15 is 0 Å². The van der Waals surface area contributed by atoms with E-state index in [9.17, 15) is 9.59 Å². The number of hydrogen-bond donors (Lipinski definition) is 1. The third-order valence-electron chi connectivity index (χ3n) is 8.69. The summed E-state index contributed by atoms with van der Waals surface area (Å²) in [5, 5.41) is 3.32. The van der Waals surface area contributed by atoms with Crippen LogP contribution in [-0.2, 0) is 14.3 Å². The van der Waals surface area contributed by atoms with Crippen LogP contribution in [0.5, 0.6) is 0 Å². The Balaban J connectivity index is 1.39. The predicted octanol–water partition coefficient (Wildman–Crippen LogP) is 4.00. The van der Waals surface area contributed by atoms with Gasteiger partial charge in [-0.15, -0.1) is 0 Å². The van der Waals surface area contributed by atoms with Crippen molar-refractivity contribution in [3.05, 3.63) is 47.5 Å². The summed E-state index contributed by atoms with van der Waals surface area (Å²) < 4.78 is 6.64. The van der Waals surface area contributed by atoms with Crippen LogP contribution < -0.4 is 5.32 Å². The second kappa shape index (κ2) is 7.72. The van der Waals surface area contributed by atoms with Crippen LogP contribution in [-0.4, -0.2) is 46.5 Å². The lowest BCUT2D eigenvalue weighted by Gasteiger charge is -2.38. The molecule has 3 aliphatic heterocycles. The number of aryl methyl sites for hydroxylation is 1. The van der Waals surface area contributed by atoms with Gasteiger partial charge in [0.15, 0.2) is 0 Å². The summed E-state index contributed by atoms with van der Waals surface area (Å²) in [7, 11) is 0. The monoisotopic (exact) mass is 434 g/mol. The van der Waals surface area contributed by atoms with E-state index in [1.165, 1.54) is 24.8 Å². The Morgan fingerprint density at radius 3 is 2.44 bits per heavy atom. The first kappa shape index (κ1) is 20.5. The van der Waals surface area contributed by atoms with Gasteiger partial charge in [0.1, 0.15) is 11.6 Å². The number of hydrogen-bond acceptors (Lipinski definition) is 3. The first-order valence-corrected chi connectivity index (χ1v) is 12.6. The van der Waals surface area contributed by atoms with Crippen LogP contribution >= 0.6 is 0 Å². The number of ether oxygens (including phenoxy) is 1. The van der Waals surface area contributed by atoms with E-state index in [-0.39, 0.29) is 41.8 Å². The molecule has 5 nitrogen and oxygen atoms in total. The van der Waals surface area contributed by atoms with Crippen LogP contribution in [0.25, 0.3) is 0 Å². The molecular formula is C27H34N2O3. The highest BCUT2D eigenvalue weighted by molar-refractivity contribution is 5.97. The number of carbonyl (C=O) groups excluding carboxylic acids is 2. The van der Waals surface area contributed by atoms with Gasteiger partial charge in [0.2, 0.25) is 11.8 Å². The Bertz CT molecular complexity index is 929. The summed E-state index contributed by atoms with van der Waals surface area (Å²) in [6.07, 6.45) is 13.9. The maximum Gasteiger partial charge on any atom is 0.246 e. The number of likely N-dealkylation sites (tertiary alicyclic amines) is 1. The number of fused-ring (bicyclic) bond motifs is 1. The number of carbonyl (C=O) groups is 2. The average molecular weight is 435 g/mol. The standard InChI is InChI=1S/C27H34N2O3/c1-17-11-13-18(14-12-17)22-21-15-16-27(32-21)23(22)26(31)29(20-9-3-2-4-10-20)24(27)25(30)28-19-7-5-6-8-19/h11-16,19-24H,2-10H2,1H3,(H,28,30). The molecular weight excluding hydrogens is 400 g/mol. The highest BCUT2D eigenvalue weighted by atomic mass is 16.5. The molecule has 170 valence electrons. The van der Waals surface area contributed by atoms with Gasteiger partial charge in [-0.25, -0.2) is 0 Å². The molecule has 2 saturated carbocycles. The zero-order chi connectivity index (χ0) is 21.9. The van der Waals surface area contributed by atoms with Crippen molar-refractivity contribution in [3.8, 4) is 0 Å². The summed E-state index contributed by atoms with van der Waals surface area (Å²) in [5.41, 5.74) is 1.52. The van der Waals surface area contributed by atoms with E-state index in [2.05, 4.69) is 48.7 Å². The Kier molecular flexibility index (Phi) is 4.94. The Morgan fingerprint density at radius 1 is 1.03 bits per heavy atom. The number of nitrogens with one attached hydrogen (secondary N) is 1. The summed E-state index contributed by atoms with van der Waals surface area (Å²) in [5.74, 6) is -0.223. The summed E-state index contributed by atoms with van der Waals surface area (Å²) in [6.45, 7) is 2.08. The minimum absolute atomic E-state index is 0.00632. The van der Waals surface area contributed by atoms with E-state index in [0.717, 1.165) is 44.1 Å². The molecule has 2 aliphatic carbocycles. The van der Waals surface area contributed by atoms with Gasteiger partial charge in [0.05, 0.1) is 12.0 Å². The molecule has 1 N–H and O–H groups in total. The number of rotatable bonds is 4. The Morgan fingerprint density at radius 2 is 1.72 bits per heavy atom. The lowest BCUT2D eigenvalue weighted by molar-refractivity contribution is -0.143. The molecule has 5 aliphatic rings. The first-order valence-electron chi connectivity index (χ1n) is 12.6. The second-order valence-electron chi connectivity index (χ2n) is 10.6. The van der Waals surface area contributed by atoms with Crippen molar-refractivity contribution in [2.75, 3.05) is 0 Å². The quantitative estimate of drug-likeness (QED) is 0.729. The molecule has 5 unspecified atom stereocenters. The zero-order valence-electron chi connectivity index (χ0n) is 19.0. The Hall–Kier alpha value is -2.14. The lowest BCUT2D eigenvalue weighted by atomic mass is 9.72. The van der Waals surface area contributed by atoms with Crippen molar-refractivity contribution in [2.45, 2.75) is 100 Å². The lowest BCUT2D eigenvalue weighted by Crippen LogP contribution is -2.58. The molecule has 4 fully saturated rings. The SMILES string of the molecule is Cc1ccc(C2C3C=CC4(O3)C2C(=O)N(C2CCCCC2)C4C(=O)NC2CCCC2)cc1. The molecule has 5 atom stereocenters. The minimum atomic E-state index is -0.836. The fraction of sp³-hybridized carbons (Fsp3) is 0.630. The normalized spacial score (nSPS) is 36.8. The van der Waals surface area contributed by atoms with Crippen LogP contribution in [0, 0.1) is 12.8 Å². The van der Waals surface area contributed by atoms with Crippen molar-refractivity contribution in [3.63, 3.8) is 0 Å². The largest absolute Gasteiger partial charge is 0.359 e. The molecule has 32 heavy (non-hydrogen) atoms. The molecule has 5 heteroatoms. The van der Waals surface area contributed by atoms with Crippen molar-refractivity contribution in [1.29, 1.82) is 0 Å². The highest BCUT2D eigenvalue weighted by Crippen LogP contribution is 2.59. The molecule has 0 aromatic heterocycles. The molecule has 2 bridgehead atoms. The molecule has 3 heterocycles. The van der Waals surface area contributed by atoms with Gasteiger partial charge in [-0.3, -0.25) is 9.59 Å².